The lowest BCUT2D eigenvalue weighted by molar-refractivity contribution is -0.123. The fourth-order valence-corrected chi connectivity index (χ4v) is 5.62. The van der Waals surface area contributed by atoms with Crippen LogP contribution in [0.1, 0.15) is 61.5 Å². The summed E-state index contributed by atoms with van der Waals surface area (Å²) in [7, 11) is 1.58. The van der Waals surface area contributed by atoms with Crippen LogP contribution in [0.5, 0.6) is 0 Å². The van der Waals surface area contributed by atoms with Crippen molar-refractivity contribution in [3.05, 3.63) is 88.8 Å². The second-order valence-corrected chi connectivity index (χ2v) is 11.5. The third-order valence-corrected chi connectivity index (χ3v) is 7.78. The lowest BCUT2D eigenvalue weighted by atomic mass is 9.77. The number of hydrogen-bond donors (Lipinski definition) is 2. The smallest absolute Gasteiger partial charge is 0.257 e. The van der Waals surface area contributed by atoms with Crippen LogP contribution in [-0.4, -0.2) is 42.3 Å². The minimum atomic E-state index is -0.565. The van der Waals surface area contributed by atoms with Gasteiger partial charge < -0.3 is 15.5 Å². The number of allylic oxidation sites excluding steroid dienone is 1. The Morgan fingerprint density at radius 2 is 1.82 bits per heavy atom. The normalized spacial score (nSPS) is 21.2. The average Bonchev–Trinajstić information content (AvgIpc) is 2.91. The predicted molar refractivity (Wildman–Crippen MR) is 152 cm³/mol. The highest BCUT2D eigenvalue weighted by Crippen LogP contribution is 2.36. The Labute approximate surface area is 230 Å². The Hall–Kier alpha value is -3.74. The van der Waals surface area contributed by atoms with Crippen LogP contribution in [-0.2, 0) is 15.0 Å². The first kappa shape index (κ1) is 28.3. The SMILES string of the molecule is CNC(=O)C1=CCC([C@H]2[C@@H](C(=O)Nc3cccc(C(C)(C)C)c3)CCCN2C(=O)c2c(C)cccc2F)C=C1. The standard InChI is InChI=1S/C32H38FN3O3/c1-20-9-6-13-26(33)27(20)31(39)36-18-8-12-25(28(36)21-14-16-22(17-15-21)29(37)34-5)30(38)35-24-11-7-10-23(19-24)32(2,3)4/h6-7,9-11,13-14,16-17,19,21,25,28H,8,12,15,18H2,1-5H3,(H,34,37)(H,35,38)/t21?,25-,28-/m0/s1. The number of benzene rings is 2. The molecule has 1 unspecified atom stereocenters. The summed E-state index contributed by atoms with van der Waals surface area (Å²) >= 11 is 0. The molecule has 0 aromatic heterocycles. The molecular formula is C32H38FN3O3. The molecule has 7 heteroatoms. The maximum atomic E-state index is 14.9. The van der Waals surface area contributed by atoms with Crippen LogP contribution < -0.4 is 10.6 Å². The van der Waals surface area contributed by atoms with Crippen molar-refractivity contribution in [1.82, 2.24) is 10.2 Å². The summed E-state index contributed by atoms with van der Waals surface area (Å²) in [6.07, 6.45) is 7.23. The first-order valence-electron chi connectivity index (χ1n) is 13.6. The van der Waals surface area contributed by atoms with Crippen LogP contribution in [0.3, 0.4) is 0 Å². The topological polar surface area (TPSA) is 78.5 Å². The zero-order valence-corrected chi connectivity index (χ0v) is 23.4. The molecule has 1 aliphatic carbocycles. The number of aryl methyl sites for hydroxylation is 1. The zero-order chi connectivity index (χ0) is 28.3. The number of halogens is 1. The van der Waals surface area contributed by atoms with Gasteiger partial charge >= 0.3 is 0 Å². The van der Waals surface area contributed by atoms with Gasteiger partial charge in [-0.2, -0.15) is 0 Å². The quantitative estimate of drug-likeness (QED) is 0.532. The van der Waals surface area contributed by atoms with Gasteiger partial charge in [0.05, 0.1) is 17.5 Å². The highest BCUT2D eigenvalue weighted by atomic mass is 19.1. The van der Waals surface area contributed by atoms with Crippen LogP contribution in [0.15, 0.2) is 66.3 Å². The van der Waals surface area contributed by atoms with Gasteiger partial charge in [0.15, 0.2) is 0 Å². The predicted octanol–water partition coefficient (Wildman–Crippen LogP) is 5.54. The van der Waals surface area contributed by atoms with Gasteiger partial charge in [-0.15, -0.1) is 0 Å². The molecular weight excluding hydrogens is 493 g/mol. The number of likely N-dealkylation sites (tertiary alicyclic amines) is 1. The van der Waals surface area contributed by atoms with Crippen molar-refractivity contribution in [3.63, 3.8) is 0 Å². The van der Waals surface area contributed by atoms with Crippen molar-refractivity contribution >= 4 is 23.4 Å². The van der Waals surface area contributed by atoms with Crippen LogP contribution in [0.2, 0.25) is 0 Å². The number of hydrogen-bond acceptors (Lipinski definition) is 3. The Morgan fingerprint density at radius 3 is 2.46 bits per heavy atom. The van der Waals surface area contributed by atoms with Crippen LogP contribution in [0.25, 0.3) is 0 Å². The van der Waals surface area contributed by atoms with Gasteiger partial charge in [-0.3, -0.25) is 14.4 Å². The summed E-state index contributed by atoms with van der Waals surface area (Å²) < 4.78 is 14.9. The molecule has 2 aromatic rings. The van der Waals surface area contributed by atoms with E-state index in [1.54, 1.807) is 37.1 Å². The first-order valence-corrected chi connectivity index (χ1v) is 13.6. The Kier molecular flexibility index (Phi) is 8.38. The molecule has 39 heavy (non-hydrogen) atoms. The van der Waals surface area contributed by atoms with Crippen molar-refractivity contribution in [3.8, 4) is 0 Å². The van der Waals surface area contributed by atoms with Gasteiger partial charge in [-0.1, -0.05) is 63.3 Å². The van der Waals surface area contributed by atoms with Gasteiger partial charge in [0.1, 0.15) is 5.82 Å². The molecule has 2 N–H and O–H groups in total. The molecule has 1 saturated heterocycles. The Morgan fingerprint density at radius 1 is 1.08 bits per heavy atom. The second kappa shape index (κ2) is 11.6. The molecule has 3 amide bonds. The minimum absolute atomic E-state index is 0.0443. The van der Waals surface area contributed by atoms with Crippen molar-refractivity contribution in [1.29, 1.82) is 0 Å². The van der Waals surface area contributed by atoms with E-state index in [1.807, 2.05) is 36.4 Å². The molecule has 6 nitrogen and oxygen atoms in total. The molecule has 1 aliphatic heterocycles. The summed E-state index contributed by atoms with van der Waals surface area (Å²) in [5.41, 5.74) is 2.90. The number of anilines is 1. The van der Waals surface area contributed by atoms with E-state index in [9.17, 15) is 18.8 Å². The van der Waals surface area contributed by atoms with Crippen molar-refractivity contribution in [2.45, 2.75) is 58.4 Å². The summed E-state index contributed by atoms with van der Waals surface area (Å²) in [5, 5.41) is 5.73. The van der Waals surface area contributed by atoms with Gasteiger partial charge in [0, 0.05) is 30.8 Å². The zero-order valence-electron chi connectivity index (χ0n) is 23.4. The van der Waals surface area contributed by atoms with Crippen molar-refractivity contribution in [2.24, 2.45) is 11.8 Å². The van der Waals surface area contributed by atoms with Crippen LogP contribution in [0, 0.1) is 24.6 Å². The monoisotopic (exact) mass is 531 g/mol. The molecule has 206 valence electrons. The number of rotatable bonds is 5. The van der Waals surface area contributed by atoms with Crippen molar-refractivity contribution < 1.29 is 18.8 Å². The molecule has 3 atom stereocenters. The van der Waals surface area contributed by atoms with E-state index in [0.717, 1.165) is 5.56 Å². The van der Waals surface area contributed by atoms with E-state index in [4.69, 9.17) is 0 Å². The number of piperidine rings is 1. The van der Waals surface area contributed by atoms with E-state index in [-0.39, 0.29) is 28.7 Å². The third kappa shape index (κ3) is 6.13. The molecule has 4 rings (SSSR count). The fourth-order valence-electron chi connectivity index (χ4n) is 5.62. The molecule has 0 bridgehead atoms. The highest BCUT2D eigenvalue weighted by molar-refractivity contribution is 5.98. The molecule has 1 heterocycles. The molecule has 2 aromatic carbocycles. The van der Waals surface area contributed by atoms with E-state index in [2.05, 4.69) is 31.4 Å². The highest BCUT2D eigenvalue weighted by Gasteiger charge is 2.43. The molecule has 1 fully saturated rings. The Balaban J connectivity index is 1.68. The number of amides is 3. The Bertz CT molecular complexity index is 1300. The van der Waals surface area contributed by atoms with E-state index >= 15 is 0 Å². The lowest BCUT2D eigenvalue weighted by Gasteiger charge is -2.44. The van der Waals surface area contributed by atoms with Crippen molar-refractivity contribution in [2.75, 3.05) is 18.9 Å². The van der Waals surface area contributed by atoms with E-state index in [0.29, 0.717) is 42.6 Å². The number of nitrogens with zero attached hydrogens (tertiary/aromatic N) is 1. The number of carbonyl (C=O) groups is 3. The molecule has 0 saturated carbocycles. The summed E-state index contributed by atoms with van der Waals surface area (Å²) in [6, 6.07) is 11.9. The fraction of sp³-hybridized carbons (Fsp3) is 0.406. The number of carbonyl (C=O) groups excluding carboxylic acids is 3. The summed E-state index contributed by atoms with van der Waals surface area (Å²) in [4.78, 5) is 41.5. The number of nitrogens with one attached hydrogen (secondary N) is 2. The van der Waals surface area contributed by atoms with Crippen LogP contribution >= 0.6 is 0 Å². The van der Waals surface area contributed by atoms with E-state index in [1.165, 1.54) is 6.07 Å². The average molecular weight is 532 g/mol. The van der Waals surface area contributed by atoms with Gasteiger partial charge in [0.25, 0.3) is 11.8 Å². The third-order valence-electron chi connectivity index (χ3n) is 7.78. The lowest BCUT2D eigenvalue weighted by Crippen LogP contribution is -2.55. The maximum Gasteiger partial charge on any atom is 0.257 e. The largest absolute Gasteiger partial charge is 0.355 e. The first-order chi connectivity index (χ1) is 18.5. The summed E-state index contributed by atoms with van der Waals surface area (Å²) in [5.74, 6) is -2.02. The molecule has 2 aliphatic rings. The molecule has 0 radical (unpaired) electrons. The maximum absolute atomic E-state index is 14.9. The van der Waals surface area contributed by atoms with Gasteiger partial charge in [-0.25, -0.2) is 4.39 Å². The second-order valence-electron chi connectivity index (χ2n) is 11.5. The minimum Gasteiger partial charge on any atom is -0.355 e. The van der Waals surface area contributed by atoms with Crippen LogP contribution in [0.4, 0.5) is 10.1 Å². The number of likely N-dealkylation sites (N-methyl/N-ethyl adjacent to an activating group) is 1. The van der Waals surface area contributed by atoms with Gasteiger partial charge in [0.2, 0.25) is 5.91 Å². The summed E-state index contributed by atoms with van der Waals surface area (Å²) in [6.45, 7) is 8.51. The molecule has 0 spiro atoms. The van der Waals surface area contributed by atoms with Gasteiger partial charge in [-0.05, 0) is 60.9 Å². The van der Waals surface area contributed by atoms with E-state index < -0.39 is 23.7 Å².